The van der Waals surface area contributed by atoms with E-state index in [1.807, 2.05) is 30.3 Å². The van der Waals surface area contributed by atoms with Crippen molar-refractivity contribution in [2.75, 3.05) is 13.2 Å². The third kappa shape index (κ3) is 5.94. The molecule has 3 aromatic rings. The summed E-state index contributed by atoms with van der Waals surface area (Å²) in [5.74, 6) is 0.422. The third-order valence-corrected chi connectivity index (χ3v) is 5.28. The second-order valence-corrected chi connectivity index (χ2v) is 7.88. The van der Waals surface area contributed by atoms with E-state index in [-0.39, 0.29) is 36.9 Å². The molecule has 8 heteroatoms. The van der Waals surface area contributed by atoms with E-state index in [0.29, 0.717) is 35.7 Å². The molecule has 2 amide bonds. The monoisotopic (exact) mass is 434 g/mol. The maximum atomic E-state index is 12.5. The van der Waals surface area contributed by atoms with Crippen LogP contribution in [-0.2, 0) is 22.6 Å². The number of fused-ring (bicyclic) bond motifs is 1. The summed E-state index contributed by atoms with van der Waals surface area (Å²) in [6.45, 7) is 0.790. The van der Waals surface area contributed by atoms with E-state index in [9.17, 15) is 14.4 Å². The molecule has 1 aliphatic carbocycles. The minimum Gasteiger partial charge on any atom is -0.484 e. The number of hydrogen-bond donors (Lipinski definition) is 2. The molecule has 1 saturated carbocycles. The van der Waals surface area contributed by atoms with E-state index < -0.39 is 0 Å². The Labute approximate surface area is 185 Å². The van der Waals surface area contributed by atoms with Gasteiger partial charge in [-0.15, -0.1) is 0 Å². The van der Waals surface area contributed by atoms with Gasteiger partial charge in [-0.1, -0.05) is 24.3 Å². The predicted molar refractivity (Wildman–Crippen MR) is 120 cm³/mol. The molecule has 1 aliphatic rings. The Hall–Kier alpha value is -3.68. The van der Waals surface area contributed by atoms with E-state index >= 15 is 0 Å². The lowest BCUT2D eigenvalue weighted by atomic mass is 10.1. The van der Waals surface area contributed by atoms with E-state index in [4.69, 9.17) is 4.74 Å². The first kappa shape index (κ1) is 21.5. The summed E-state index contributed by atoms with van der Waals surface area (Å²) in [5, 5.41) is 6.30. The topological polar surface area (TPSA) is 102 Å². The van der Waals surface area contributed by atoms with Gasteiger partial charge in [0.05, 0.1) is 17.2 Å². The summed E-state index contributed by atoms with van der Waals surface area (Å²) in [5.41, 5.74) is 1.56. The highest BCUT2D eigenvalue weighted by Crippen LogP contribution is 2.18. The van der Waals surface area contributed by atoms with Crippen molar-refractivity contribution >= 4 is 22.7 Å². The number of benzene rings is 2. The van der Waals surface area contributed by atoms with Crippen LogP contribution in [0.1, 0.15) is 24.8 Å². The molecule has 1 heterocycles. The molecule has 0 unspecified atom stereocenters. The van der Waals surface area contributed by atoms with Gasteiger partial charge in [-0.05, 0) is 49.1 Å². The molecule has 0 aliphatic heterocycles. The average molecular weight is 434 g/mol. The Bertz CT molecular complexity index is 1150. The molecular weight excluding hydrogens is 408 g/mol. The first-order chi connectivity index (χ1) is 15.6. The Morgan fingerprint density at radius 1 is 1.06 bits per heavy atom. The SMILES string of the molecule is O=C(CCn1cnc2ccccc2c1=O)NCCc1ccc(OCC(=O)NC2CC2)cc1. The fourth-order valence-corrected chi connectivity index (χ4v) is 3.32. The summed E-state index contributed by atoms with van der Waals surface area (Å²) in [6.07, 6.45) is 4.46. The number of hydrogen-bond acceptors (Lipinski definition) is 5. The lowest BCUT2D eigenvalue weighted by Crippen LogP contribution is -2.30. The van der Waals surface area contributed by atoms with E-state index in [0.717, 1.165) is 18.4 Å². The molecule has 166 valence electrons. The van der Waals surface area contributed by atoms with E-state index in [1.165, 1.54) is 10.9 Å². The van der Waals surface area contributed by atoms with Crippen LogP contribution in [0.25, 0.3) is 10.9 Å². The van der Waals surface area contributed by atoms with Gasteiger partial charge in [-0.25, -0.2) is 4.98 Å². The molecular formula is C24H26N4O4. The number of ether oxygens (including phenoxy) is 1. The highest BCUT2D eigenvalue weighted by Gasteiger charge is 2.23. The Morgan fingerprint density at radius 3 is 2.62 bits per heavy atom. The summed E-state index contributed by atoms with van der Waals surface area (Å²) in [4.78, 5) is 40.5. The van der Waals surface area contributed by atoms with Crippen molar-refractivity contribution in [3.63, 3.8) is 0 Å². The predicted octanol–water partition coefficient (Wildman–Crippen LogP) is 1.80. The van der Waals surface area contributed by atoms with Crippen LogP contribution in [0.5, 0.6) is 5.75 Å². The van der Waals surface area contributed by atoms with Gasteiger partial charge in [0.1, 0.15) is 5.75 Å². The summed E-state index contributed by atoms with van der Waals surface area (Å²) < 4.78 is 6.95. The fourth-order valence-electron chi connectivity index (χ4n) is 3.32. The average Bonchev–Trinajstić information content (AvgIpc) is 3.62. The van der Waals surface area contributed by atoms with Gasteiger partial charge in [0.15, 0.2) is 6.61 Å². The number of rotatable bonds is 10. The van der Waals surface area contributed by atoms with Crippen LogP contribution in [0.2, 0.25) is 0 Å². The van der Waals surface area contributed by atoms with Crippen molar-refractivity contribution in [2.24, 2.45) is 0 Å². The van der Waals surface area contributed by atoms with Gasteiger partial charge < -0.3 is 15.4 Å². The zero-order valence-corrected chi connectivity index (χ0v) is 17.8. The third-order valence-electron chi connectivity index (χ3n) is 5.28. The van der Waals surface area contributed by atoms with Gasteiger partial charge in [0.25, 0.3) is 11.5 Å². The molecule has 4 rings (SSSR count). The Morgan fingerprint density at radius 2 is 1.84 bits per heavy atom. The molecule has 8 nitrogen and oxygen atoms in total. The molecule has 2 aromatic carbocycles. The minimum absolute atomic E-state index is 0.0156. The van der Waals surface area contributed by atoms with Gasteiger partial charge in [-0.2, -0.15) is 0 Å². The maximum Gasteiger partial charge on any atom is 0.261 e. The number of amides is 2. The van der Waals surface area contributed by atoms with Crippen molar-refractivity contribution in [1.29, 1.82) is 0 Å². The van der Waals surface area contributed by atoms with Gasteiger partial charge in [-0.3, -0.25) is 19.0 Å². The van der Waals surface area contributed by atoms with Crippen LogP contribution >= 0.6 is 0 Å². The van der Waals surface area contributed by atoms with Crippen LogP contribution in [-0.4, -0.2) is 40.6 Å². The van der Waals surface area contributed by atoms with Gasteiger partial charge in [0, 0.05) is 25.6 Å². The van der Waals surface area contributed by atoms with Crippen molar-refractivity contribution in [2.45, 2.75) is 38.3 Å². The second-order valence-electron chi connectivity index (χ2n) is 7.88. The Kier molecular flexibility index (Phi) is 6.79. The van der Waals surface area contributed by atoms with Crippen LogP contribution in [0.4, 0.5) is 0 Å². The normalized spacial score (nSPS) is 13.0. The van der Waals surface area contributed by atoms with Crippen LogP contribution in [0.15, 0.2) is 59.7 Å². The van der Waals surface area contributed by atoms with Gasteiger partial charge in [0.2, 0.25) is 5.91 Å². The number of para-hydroxylation sites is 1. The number of carbonyl (C=O) groups is 2. The molecule has 1 fully saturated rings. The molecule has 0 bridgehead atoms. The maximum absolute atomic E-state index is 12.5. The summed E-state index contributed by atoms with van der Waals surface area (Å²) in [7, 11) is 0. The first-order valence-corrected chi connectivity index (χ1v) is 10.8. The molecule has 0 radical (unpaired) electrons. The van der Waals surface area contributed by atoms with Gasteiger partial charge >= 0.3 is 0 Å². The molecule has 0 spiro atoms. The van der Waals surface area contributed by atoms with Crippen LogP contribution in [0, 0.1) is 0 Å². The number of nitrogens with one attached hydrogen (secondary N) is 2. The first-order valence-electron chi connectivity index (χ1n) is 10.8. The lowest BCUT2D eigenvalue weighted by Gasteiger charge is -2.09. The summed E-state index contributed by atoms with van der Waals surface area (Å²) >= 11 is 0. The molecule has 32 heavy (non-hydrogen) atoms. The quantitative estimate of drug-likeness (QED) is 0.507. The van der Waals surface area contributed by atoms with E-state index in [2.05, 4.69) is 15.6 Å². The zero-order chi connectivity index (χ0) is 22.3. The Balaban J connectivity index is 1.17. The van der Waals surface area contributed by atoms with Crippen LogP contribution in [0.3, 0.4) is 0 Å². The zero-order valence-electron chi connectivity index (χ0n) is 17.8. The van der Waals surface area contributed by atoms with Crippen molar-refractivity contribution in [1.82, 2.24) is 20.2 Å². The number of aromatic nitrogens is 2. The largest absolute Gasteiger partial charge is 0.484 e. The minimum atomic E-state index is -0.143. The highest BCUT2D eigenvalue weighted by atomic mass is 16.5. The standard InChI is InChI=1S/C24H26N4O4/c29-22(12-14-28-16-26-21-4-2-1-3-20(21)24(28)31)25-13-11-17-5-9-19(10-6-17)32-15-23(30)27-18-7-8-18/h1-6,9-10,16,18H,7-8,11-15H2,(H,25,29)(H,27,30). The van der Waals surface area contributed by atoms with Crippen LogP contribution < -0.4 is 20.9 Å². The smallest absolute Gasteiger partial charge is 0.261 e. The number of nitrogens with zero attached hydrogens (tertiary/aromatic N) is 2. The molecule has 0 atom stereocenters. The van der Waals surface area contributed by atoms with Crippen molar-refractivity contribution in [3.05, 3.63) is 70.8 Å². The van der Waals surface area contributed by atoms with Crippen molar-refractivity contribution in [3.8, 4) is 5.75 Å². The van der Waals surface area contributed by atoms with Crippen molar-refractivity contribution < 1.29 is 14.3 Å². The molecule has 0 saturated heterocycles. The lowest BCUT2D eigenvalue weighted by molar-refractivity contribution is -0.123. The fraction of sp³-hybridized carbons (Fsp3) is 0.333. The number of carbonyl (C=O) groups excluding carboxylic acids is 2. The van der Waals surface area contributed by atoms with E-state index in [1.54, 1.807) is 18.2 Å². The molecule has 2 N–H and O–H groups in total. The highest BCUT2D eigenvalue weighted by molar-refractivity contribution is 5.78. The molecule has 1 aromatic heterocycles. The summed E-state index contributed by atoms with van der Waals surface area (Å²) in [6, 6.07) is 15.0. The number of aryl methyl sites for hydroxylation is 1. The second kappa shape index (κ2) is 10.1.